The first kappa shape index (κ1) is 55.9. The van der Waals surface area contributed by atoms with Crippen molar-refractivity contribution >= 4 is 22.1 Å². The van der Waals surface area contributed by atoms with Crippen LogP contribution >= 0.6 is 0 Å². The van der Waals surface area contributed by atoms with Crippen molar-refractivity contribution in [1.82, 2.24) is 0 Å². The number of aliphatic hydroxyl groups excluding tert-OH is 3. The van der Waals surface area contributed by atoms with Gasteiger partial charge >= 0.3 is 11.9 Å². The van der Waals surface area contributed by atoms with Crippen LogP contribution in [0.1, 0.15) is 194 Å². The molecule has 1 fully saturated rings. The van der Waals surface area contributed by atoms with Crippen LogP contribution in [0, 0.1) is 0 Å². The van der Waals surface area contributed by atoms with Crippen LogP contribution in [-0.4, -0.2) is 96.0 Å². The highest BCUT2D eigenvalue weighted by Crippen LogP contribution is 2.24. The van der Waals surface area contributed by atoms with Gasteiger partial charge in [0.1, 0.15) is 36.8 Å². The molecule has 0 radical (unpaired) electrons. The summed E-state index contributed by atoms with van der Waals surface area (Å²) in [7, 11) is -4.60. The first-order valence-electron chi connectivity index (χ1n) is 23.6. The van der Waals surface area contributed by atoms with Crippen LogP contribution in [0.15, 0.2) is 36.5 Å². The Morgan fingerprint density at radius 2 is 1.00 bits per heavy atom. The maximum atomic E-state index is 12.8. The molecule has 1 rings (SSSR count). The number of carbonyl (C=O) groups excluding carboxylic acids is 2. The molecule has 6 atom stereocenters. The summed E-state index contributed by atoms with van der Waals surface area (Å²) in [6.45, 7) is 3.72. The summed E-state index contributed by atoms with van der Waals surface area (Å²) in [4.78, 5) is 25.4. The zero-order chi connectivity index (χ0) is 44.1. The molecule has 12 nitrogen and oxygen atoms in total. The van der Waals surface area contributed by atoms with Gasteiger partial charge in [-0.2, -0.15) is 8.42 Å². The fourth-order valence-electron chi connectivity index (χ4n) is 7.01. The number of ether oxygens (including phenoxy) is 4. The quantitative estimate of drug-likeness (QED) is 0.0151. The third kappa shape index (κ3) is 31.7. The minimum atomic E-state index is -4.60. The molecule has 350 valence electrons. The van der Waals surface area contributed by atoms with Crippen molar-refractivity contribution in [2.75, 3.05) is 19.0 Å². The summed E-state index contributed by atoms with van der Waals surface area (Å²) in [5.41, 5.74) is 0. The van der Waals surface area contributed by atoms with E-state index in [1.165, 1.54) is 89.9 Å². The summed E-state index contributed by atoms with van der Waals surface area (Å²) in [5, 5.41) is 30.9. The number of unbranched alkanes of at least 4 members (excludes halogenated alkanes) is 22. The van der Waals surface area contributed by atoms with Crippen LogP contribution in [0.4, 0.5) is 0 Å². The lowest BCUT2D eigenvalue weighted by Gasteiger charge is -2.40. The summed E-state index contributed by atoms with van der Waals surface area (Å²) < 4.78 is 54.1. The molecule has 0 saturated carbocycles. The lowest BCUT2D eigenvalue weighted by Crippen LogP contribution is -2.60. The Morgan fingerprint density at radius 1 is 0.567 bits per heavy atom. The van der Waals surface area contributed by atoms with Gasteiger partial charge in [0.25, 0.3) is 10.1 Å². The molecular formula is C47H84O12S. The van der Waals surface area contributed by atoms with Gasteiger partial charge < -0.3 is 34.3 Å². The molecule has 2 unspecified atom stereocenters. The van der Waals surface area contributed by atoms with Gasteiger partial charge in [-0.1, -0.05) is 153 Å². The molecule has 0 spiro atoms. The second-order valence-corrected chi connectivity index (χ2v) is 17.9. The summed E-state index contributed by atoms with van der Waals surface area (Å²) >= 11 is 0. The van der Waals surface area contributed by atoms with Crippen LogP contribution in [0.3, 0.4) is 0 Å². The lowest BCUT2D eigenvalue weighted by molar-refractivity contribution is -0.297. The van der Waals surface area contributed by atoms with E-state index in [-0.39, 0.29) is 19.4 Å². The molecule has 0 aromatic carbocycles. The number of carbonyl (C=O) groups is 2. The van der Waals surface area contributed by atoms with Gasteiger partial charge in [-0.15, -0.1) is 0 Å². The molecule has 0 aromatic rings. The van der Waals surface area contributed by atoms with Gasteiger partial charge in [0.15, 0.2) is 12.4 Å². The largest absolute Gasteiger partial charge is 0.462 e. The Morgan fingerprint density at radius 3 is 1.50 bits per heavy atom. The van der Waals surface area contributed by atoms with E-state index in [1.807, 2.05) is 0 Å². The second-order valence-electron chi connectivity index (χ2n) is 16.4. The Balaban J connectivity index is 2.44. The molecule has 0 aliphatic carbocycles. The average molecular weight is 873 g/mol. The second kappa shape index (κ2) is 37.4. The predicted octanol–water partition coefficient (Wildman–Crippen LogP) is 9.78. The van der Waals surface area contributed by atoms with Gasteiger partial charge in [-0.25, -0.2) is 0 Å². The molecule has 1 aliphatic rings. The molecule has 1 heterocycles. The van der Waals surface area contributed by atoms with Crippen LogP contribution < -0.4 is 0 Å². The van der Waals surface area contributed by atoms with Gasteiger partial charge in [0.2, 0.25) is 0 Å². The van der Waals surface area contributed by atoms with E-state index in [1.54, 1.807) is 0 Å². The third-order valence-electron chi connectivity index (χ3n) is 10.7. The fraction of sp³-hybridized carbons (Fsp3) is 0.830. The zero-order valence-corrected chi connectivity index (χ0v) is 38.1. The van der Waals surface area contributed by atoms with Crippen LogP contribution in [0.25, 0.3) is 0 Å². The van der Waals surface area contributed by atoms with E-state index in [0.29, 0.717) is 12.8 Å². The molecule has 1 aliphatic heterocycles. The highest BCUT2D eigenvalue weighted by Gasteiger charge is 2.46. The van der Waals surface area contributed by atoms with Gasteiger partial charge in [0.05, 0.1) is 6.61 Å². The highest BCUT2D eigenvalue weighted by molar-refractivity contribution is 7.85. The number of allylic oxidation sites excluding steroid dienone is 6. The van der Waals surface area contributed by atoms with Gasteiger partial charge in [-0.05, 0) is 64.2 Å². The molecule has 60 heavy (non-hydrogen) atoms. The summed E-state index contributed by atoms with van der Waals surface area (Å²) in [5.74, 6) is -2.01. The number of hydrogen-bond donors (Lipinski definition) is 4. The molecule has 4 N–H and O–H groups in total. The van der Waals surface area contributed by atoms with Crippen molar-refractivity contribution < 1.29 is 56.8 Å². The Bertz CT molecular complexity index is 1250. The minimum Gasteiger partial charge on any atom is -0.462 e. The number of aliphatic hydroxyl groups is 3. The molecule has 0 aromatic heterocycles. The summed E-state index contributed by atoms with van der Waals surface area (Å²) in [6.07, 6.45) is 33.2. The summed E-state index contributed by atoms with van der Waals surface area (Å²) in [6, 6.07) is 0. The molecule has 0 amide bonds. The molecule has 1 saturated heterocycles. The SMILES string of the molecule is CCCCCC/C=C/C=C/CCCCCCCC(=O)O[C@H](COC(=O)CCCCCCCCC/C=C/CCCCCCCC)CO[C@H]1O[C@H](CS(=O)(=O)O)[C@@H](O)C(O)C1O. The van der Waals surface area contributed by atoms with Crippen molar-refractivity contribution in [1.29, 1.82) is 0 Å². The first-order chi connectivity index (χ1) is 29.0. The zero-order valence-electron chi connectivity index (χ0n) is 37.3. The van der Waals surface area contributed by atoms with E-state index in [4.69, 9.17) is 18.9 Å². The number of rotatable bonds is 39. The smallest absolute Gasteiger partial charge is 0.306 e. The van der Waals surface area contributed by atoms with Crippen LogP contribution in [0.2, 0.25) is 0 Å². The molecule has 13 heteroatoms. The average Bonchev–Trinajstić information content (AvgIpc) is 3.21. The predicted molar refractivity (Wildman–Crippen MR) is 238 cm³/mol. The maximum Gasteiger partial charge on any atom is 0.306 e. The van der Waals surface area contributed by atoms with Crippen molar-refractivity contribution in [3.63, 3.8) is 0 Å². The fourth-order valence-corrected chi connectivity index (χ4v) is 7.71. The number of esters is 2. The monoisotopic (exact) mass is 873 g/mol. The van der Waals surface area contributed by atoms with Crippen molar-refractivity contribution in [3.8, 4) is 0 Å². The minimum absolute atomic E-state index is 0.146. The van der Waals surface area contributed by atoms with E-state index in [9.17, 15) is 37.9 Å². The topological polar surface area (TPSA) is 186 Å². The first-order valence-corrected chi connectivity index (χ1v) is 25.2. The standard InChI is InChI=1S/C47H84O12S/c1-3-5-7-9-11-13-15-17-19-20-22-23-25-27-29-31-33-35-42(48)56-37-40(38-57-47-46(52)45(51)44(50)41(59-47)39-60(53,54)55)58-43(49)36-34-32-30-28-26-24-21-18-16-14-12-10-8-6-4-2/h14,16-19,21,40-41,44-47,50-52H,3-13,15,20,22-39H2,1-2H3,(H,53,54,55)/b16-14+,19-17+,21-18+/t40-,41-,44-,45?,46?,47+/m1/s1. The van der Waals surface area contributed by atoms with Crippen molar-refractivity contribution in [2.24, 2.45) is 0 Å². The molecular weight excluding hydrogens is 789 g/mol. The Labute approximate surface area is 363 Å². The number of hydrogen-bond acceptors (Lipinski definition) is 11. The molecule has 0 bridgehead atoms. The van der Waals surface area contributed by atoms with Crippen LogP contribution in [-0.2, 0) is 38.7 Å². The van der Waals surface area contributed by atoms with Crippen LogP contribution in [0.5, 0.6) is 0 Å². The van der Waals surface area contributed by atoms with E-state index < -0.39 is 71.2 Å². The Hall–Kier alpha value is -2.13. The van der Waals surface area contributed by atoms with E-state index in [0.717, 1.165) is 64.2 Å². The lowest BCUT2D eigenvalue weighted by atomic mass is 10.00. The highest BCUT2D eigenvalue weighted by atomic mass is 32.2. The normalized spacial score (nSPS) is 20.4. The Kier molecular flexibility index (Phi) is 34.9. The van der Waals surface area contributed by atoms with E-state index in [2.05, 4.69) is 50.3 Å². The van der Waals surface area contributed by atoms with Crippen molar-refractivity contribution in [3.05, 3.63) is 36.5 Å². The van der Waals surface area contributed by atoms with Gasteiger partial charge in [0, 0.05) is 12.8 Å². The van der Waals surface area contributed by atoms with E-state index >= 15 is 0 Å². The van der Waals surface area contributed by atoms with Crippen molar-refractivity contribution in [2.45, 2.75) is 230 Å². The third-order valence-corrected chi connectivity index (χ3v) is 11.5. The maximum absolute atomic E-state index is 12.8. The van der Waals surface area contributed by atoms with Gasteiger partial charge in [-0.3, -0.25) is 14.1 Å².